The molecule has 1 saturated heterocycles. The average molecular weight is 637 g/mol. The summed E-state index contributed by atoms with van der Waals surface area (Å²) in [6, 6.07) is 5.74. The number of aromatic nitrogens is 2. The number of rotatable bonds is 8. The Kier molecular flexibility index (Phi) is 7.51. The van der Waals surface area contributed by atoms with Crippen molar-refractivity contribution < 1.29 is 33.0 Å². The first kappa shape index (κ1) is 28.7. The van der Waals surface area contributed by atoms with Crippen LogP contribution in [0.3, 0.4) is 0 Å². The summed E-state index contributed by atoms with van der Waals surface area (Å²) in [6.07, 6.45) is 5.52. The van der Waals surface area contributed by atoms with E-state index in [1.807, 2.05) is 0 Å². The quantitative estimate of drug-likeness (QED) is 0.271. The van der Waals surface area contributed by atoms with E-state index in [9.17, 15) is 18.7 Å². The lowest BCUT2D eigenvalue weighted by Gasteiger charge is -2.47. The molecule has 2 aliphatic carbocycles. The fourth-order valence-corrected chi connectivity index (χ4v) is 5.91. The van der Waals surface area contributed by atoms with Crippen LogP contribution in [0.5, 0.6) is 5.75 Å². The van der Waals surface area contributed by atoms with Crippen LogP contribution < -0.4 is 9.64 Å². The Bertz CT molecular complexity index is 1690. The Morgan fingerprint density at radius 2 is 1.93 bits per heavy atom. The van der Waals surface area contributed by atoms with Gasteiger partial charge in [0.1, 0.15) is 35.2 Å². The molecule has 3 heterocycles. The number of hydrogen-bond acceptors (Lipinski definition) is 7. The smallest absolute Gasteiger partial charge is 0.337 e. The van der Waals surface area contributed by atoms with Gasteiger partial charge in [-0.25, -0.2) is 18.6 Å². The normalized spacial score (nSPS) is 18.3. The first-order chi connectivity index (χ1) is 20.0. The highest BCUT2D eigenvalue weighted by atomic mass is 35.5. The third-order valence-electron chi connectivity index (χ3n) is 7.34. The van der Waals surface area contributed by atoms with Gasteiger partial charge in [-0.05, 0) is 43.2 Å². The number of aliphatic hydroxyl groups is 1. The standard InChI is InChI=1S/C29H22Cl3F2N3O5/c30-16-6-17(33)8-22(31)19(7-16)25-20(26(42-36-25)14-1-2-14)11-41-18-3-4-21(23(32)9-18)29(40)12-37(13-29)27-24(34)5-15(10-35-27)28(38)39/h3-6,8-10,14,40H,1-2,7,11-13H2,(H,38,39). The SMILES string of the molecule is O=C(O)c1cnc(N2CC(O)(c3ccc(OCc4c(C5=C(Cl)C=C(F)C=C(Cl)C5)noc4C4CC4)cc3Cl)C2)c(F)c1. The summed E-state index contributed by atoms with van der Waals surface area (Å²) in [5.74, 6) is -1.41. The minimum Gasteiger partial charge on any atom is -0.489 e. The Morgan fingerprint density at radius 1 is 1.17 bits per heavy atom. The molecule has 6 rings (SSSR count). The summed E-state index contributed by atoms with van der Waals surface area (Å²) >= 11 is 19.2. The molecule has 8 nitrogen and oxygen atoms in total. The summed E-state index contributed by atoms with van der Waals surface area (Å²) in [7, 11) is 0. The lowest BCUT2D eigenvalue weighted by Crippen LogP contribution is -2.60. The first-order valence-corrected chi connectivity index (χ1v) is 14.1. The molecule has 1 saturated carbocycles. The van der Waals surface area contributed by atoms with Crippen LogP contribution in [0, 0.1) is 5.82 Å². The van der Waals surface area contributed by atoms with Crippen molar-refractivity contribution in [2.24, 2.45) is 0 Å². The summed E-state index contributed by atoms with van der Waals surface area (Å²) in [6.45, 7) is 0.0663. The number of ether oxygens (including phenoxy) is 1. The number of hydrogen-bond donors (Lipinski definition) is 2. The summed E-state index contributed by atoms with van der Waals surface area (Å²) in [4.78, 5) is 16.4. The van der Waals surface area contributed by atoms with E-state index in [2.05, 4.69) is 10.1 Å². The highest BCUT2D eigenvalue weighted by molar-refractivity contribution is 6.36. The number of pyridine rings is 1. The molecule has 2 N–H and O–H groups in total. The number of carboxylic acid groups (broad SMARTS) is 1. The molecule has 0 amide bonds. The summed E-state index contributed by atoms with van der Waals surface area (Å²) in [5.41, 5.74) is 0.423. The number of aromatic carboxylic acids is 1. The Balaban J connectivity index is 1.19. The third-order valence-corrected chi connectivity index (χ3v) is 8.24. The Morgan fingerprint density at radius 3 is 2.60 bits per heavy atom. The van der Waals surface area contributed by atoms with Crippen molar-refractivity contribution in [3.05, 3.63) is 97.5 Å². The molecule has 1 aromatic carbocycles. The van der Waals surface area contributed by atoms with E-state index in [0.29, 0.717) is 33.9 Å². The second-order valence-electron chi connectivity index (χ2n) is 10.4. The molecule has 218 valence electrons. The number of halogens is 5. The largest absolute Gasteiger partial charge is 0.489 e. The van der Waals surface area contributed by atoms with Gasteiger partial charge in [-0.3, -0.25) is 0 Å². The highest BCUT2D eigenvalue weighted by Gasteiger charge is 2.45. The van der Waals surface area contributed by atoms with Gasteiger partial charge in [0.25, 0.3) is 0 Å². The second kappa shape index (κ2) is 11.0. The van der Waals surface area contributed by atoms with Crippen molar-refractivity contribution in [1.29, 1.82) is 0 Å². The molecule has 0 spiro atoms. The maximum Gasteiger partial charge on any atom is 0.337 e. The van der Waals surface area contributed by atoms with E-state index >= 15 is 0 Å². The maximum atomic E-state index is 14.4. The van der Waals surface area contributed by atoms with E-state index < -0.39 is 23.2 Å². The van der Waals surface area contributed by atoms with E-state index in [1.165, 1.54) is 17.1 Å². The molecular weight excluding hydrogens is 615 g/mol. The van der Waals surface area contributed by atoms with Crippen LogP contribution in [0.25, 0.3) is 5.57 Å². The van der Waals surface area contributed by atoms with Gasteiger partial charge < -0.3 is 24.4 Å². The van der Waals surface area contributed by atoms with Gasteiger partial charge in [0, 0.05) is 39.7 Å². The number of β-amino-alcohol motifs (C(OH)–C–C–N with tert-alkyl or cyclic N) is 1. The first-order valence-electron chi connectivity index (χ1n) is 12.9. The molecule has 0 unspecified atom stereocenters. The fourth-order valence-electron chi connectivity index (χ4n) is 5.07. The number of anilines is 1. The molecular formula is C29H22Cl3F2N3O5. The van der Waals surface area contributed by atoms with Crippen LogP contribution in [-0.4, -0.2) is 39.4 Å². The minimum absolute atomic E-state index is 0.0000231. The van der Waals surface area contributed by atoms with Gasteiger partial charge in [0.2, 0.25) is 0 Å². The zero-order valence-electron chi connectivity index (χ0n) is 21.7. The number of nitrogens with zero attached hydrogens (tertiary/aromatic N) is 3. The van der Waals surface area contributed by atoms with Gasteiger partial charge in [0.05, 0.1) is 29.2 Å². The van der Waals surface area contributed by atoms with E-state index in [-0.39, 0.29) is 58.5 Å². The molecule has 42 heavy (non-hydrogen) atoms. The average Bonchev–Trinajstić information content (AvgIpc) is 3.69. The topological polar surface area (TPSA) is 109 Å². The predicted molar refractivity (Wildman–Crippen MR) is 152 cm³/mol. The molecule has 0 bridgehead atoms. The van der Waals surface area contributed by atoms with Crippen molar-refractivity contribution in [3.63, 3.8) is 0 Å². The summed E-state index contributed by atoms with van der Waals surface area (Å²) < 4.78 is 40.2. The molecule has 2 fully saturated rings. The molecule has 2 aromatic heterocycles. The lowest BCUT2D eigenvalue weighted by molar-refractivity contribution is 0.00670. The summed E-state index contributed by atoms with van der Waals surface area (Å²) in [5, 5.41) is 25.1. The minimum atomic E-state index is -1.38. The van der Waals surface area contributed by atoms with Crippen LogP contribution in [-0.2, 0) is 12.2 Å². The van der Waals surface area contributed by atoms with E-state index in [4.69, 9.17) is 49.2 Å². The molecule has 0 atom stereocenters. The van der Waals surface area contributed by atoms with Gasteiger partial charge in [0.15, 0.2) is 11.6 Å². The lowest BCUT2D eigenvalue weighted by atomic mass is 9.86. The van der Waals surface area contributed by atoms with Gasteiger partial charge in [-0.1, -0.05) is 46.0 Å². The zero-order valence-corrected chi connectivity index (χ0v) is 24.0. The van der Waals surface area contributed by atoms with Crippen LogP contribution in [0.1, 0.15) is 58.1 Å². The monoisotopic (exact) mass is 635 g/mol. The number of carbonyl (C=O) groups is 1. The van der Waals surface area contributed by atoms with Crippen LogP contribution >= 0.6 is 34.8 Å². The van der Waals surface area contributed by atoms with Crippen molar-refractivity contribution in [3.8, 4) is 5.75 Å². The number of carboxylic acids is 1. The van der Waals surface area contributed by atoms with Crippen molar-refractivity contribution in [1.82, 2.24) is 10.1 Å². The van der Waals surface area contributed by atoms with Crippen LogP contribution in [0.15, 0.2) is 63.0 Å². The van der Waals surface area contributed by atoms with Crippen molar-refractivity contribution >= 4 is 52.2 Å². The van der Waals surface area contributed by atoms with E-state index in [1.54, 1.807) is 18.2 Å². The van der Waals surface area contributed by atoms with Crippen molar-refractivity contribution in [2.45, 2.75) is 37.4 Å². The maximum absolute atomic E-state index is 14.4. The third kappa shape index (κ3) is 5.51. The van der Waals surface area contributed by atoms with Gasteiger partial charge >= 0.3 is 5.97 Å². The Labute approximate surface area is 253 Å². The van der Waals surface area contributed by atoms with Gasteiger partial charge in [-0.15, -0.1) is 0 Å². The number of benzene rings is 1. The molecule has 3 aromatic rings. The fraction of sp³-hybridized carbons (Fsp3) is 0.276. The predicted octanol–water partition coefficient (Wildman–Crippen LogP) is 7.05. The van der Waals surface area contributed by atoms with E-state index in [0.717, 1.165) is 25.1 Å². The van der Waals surface area contributed by atoms with Crippen molar-refractivity contribution in [2.75, 3.05) is 18.0 Å². The zero-order chi connectivity index (χ0) is 29.8. The molecule has 1 aliphatic heterocycles. The molecule has 0 radical (unpaired) electrons. The highest BCUT2D eigenvalue weighted by Crippen LogP contribution is 2.46. The number of allylic oxidation sites excluding steroid dienone is 6. The molecule has 13 heteroatoms. The molecule has 3 aliphatic rings. The van der Waals surface area contributed by atoms with Crippen LogP contribution in [0.4, 0.5) is 14.6 Å². The second-order valence-corrected chi connectivity index (χ2v) is 11.7. The van der Waals surface area contributed by atoms with Gasteiger partial charge in [-0.2, -0.15) is 0 Å². The van der Waals surface area contributed by atoms with Crippen LogP contribution in [0.2, 0.25) is 5.02 Å². The Hall–Kier alpha value is -3.44.